The maximum Gasteiger partial charge on any atom is 0.0490 e. The van der Waals surface area contributed by atoms with E-state index in [-0.39, 0.29) is 25.0 Å². The fourth-order valence-corrected chi connectivity index (χ4v) is 2.33. The molecule has 0 unspecified atom stereocenters. The number of hydrogen-bond donors (Lipinski definition) is 2. The lowest BCUT2D eigenvalue weighted by Crippen LogP contribution is -2.21. The van der Waals surface area contributed by atoms with E-state index in [1.807, 2.05) is 60.7 Å². The van der Waals surface area contributed by atoms with E-state index in [1.54, 1.807) is 0 Å². The van der Waals surface area contributed by atoms with E-state index in [1.165, 1.54) is 0 Å². The van der Waals surface area contributed by atoms with Gasteiger partial charge in [-0.2, -0.15) is 0 Å². The lowest BCUT2D eigenvalue weighted by molar-refractivity contribution is 0.139. The first-order valence-corrected chi connectivity index (χ1v) is 6.18. The summed E-state index contributed by atoms with van der Waals surface area (Å²) in [6.07, 6.45) is 0. The zero-order valence-corrected chi connectivity index (χ0v) is 10.2. The van der Waals surface area contributed by atoms with Crippen molar-refractivity contribution in [2.24, 2.45) is 5.92 Å². The lowest BCUT2D eigenvalue weighted by Gasteiger charge is -2.25. The minimum atomic E-state index is -0.171. The van der Waals surface area contributed by atoms with Gasteiger partial charge in [0.25, 0.3) is 0 Å². The SMILES string of the molecule is OCC(CO)C(c1ccccc1)c1ccccc1. The highest BCUT2D eigenvalue weighted by Crippen LogP contribution is 2.31. The maximum absolute atomic E-state index is 9.46. The molecule has 0 fully saturated rings. The van der Waals surface area contributed by atoms with Gasteiger partial charge in [-0.05, 0) is 11.1 Å². The van der Waals surface area contributed by atoms with Crippen LogP contribution in [-0.2, 0) is 0 Å². The fourth-order valence-electron chi connectivity index (χ4n) is 2.33. The van der Waals surface area contributed by atoms with Gasteiger partial charge < -0.3 is 10.2 Å². The van der Waals surface area contributed by atoms with Crippen molar-refractivity contribution in [3.8, 4) is 0 Å². The molecule has 2 rings (SSSR count). The topological polar surface area (TPSA) is 40.5 Å². The van der Waals surface area contributed by atoms with E-state index in [0.717, 1.165) is 11.1 Å². The summed E-state index contributed by atoms with van der Waals surface area (Å²) in [7, 11) is 0. The van der Waals surface area contributed by atoms with Crippen molar-refractivity contribution in [2.45, 2.75) is 5.92 Å². The summed E-state index contributed by atoms with van der Waals surface area (Å²) < 4.78 is 0. The van der Waals surface area contributed by atoms with Crippen LogP contribution in [0.25, 0.3) is 0 Å². The molecule has 0 bridgehead atoms. The lowest BCUT2D eigenvalue weighted by atomic mass is 9.81. The van der Waals surface area contributed by atoms with Gasteiger partial charge in [-0.1, -0.05) is 60.7 Å². The number of benzene rings is 2. The molecule has 0 aliphatic rings. The molecule has 0 aromatic heterocycles. The molecule has 0 spiro atoms. The molecule has 0 saturated heterocycles. The zero-order chi connectivity index (χ0) is 12.8. The zero-order valence-electron chi connectivity index (χ0n) is 10.2. The standard InChI is InChI=1S/C16H18O2/c17-11-15(12-18)16(13-7-3-1-4-8-13)14-9-5-2-6-10-14/h1-10,15-18H,11-12H2. The predicted molar refractivity (Wildman–Crippen MR) is 72.4 cm³/mol. The largest absolute Gasteiger partial charge is 0.396 e. The molecule has 0 radical (unpaired) electrons. The summed E-state index contributed by atoms with van der Waals surface area (Å²) in [5.41, 5.74) is 2.24. The van der Waals surface area contributed by atoms with Crippen LogP contribution >= 0.6 is 0 Å². The van der Waals surface area contributed by atoms with E-state index in [9.17, 15) is 10.2 Å². The Bertz CT molecular complexity index is 410. The number of rotatable bonds is 5. The number of aliphatic hydroxyl groups excluding tert-OH is 2. The molecule has 2 aromatic rings. The van der Waals surface area contributed by atoms with Crippen molar-refractivity contribution in [1.29, 1.82) is 0 Å². The van der Waals surface area contributed by atoms with Gasteiger partial charge in [-0.25, -0.2) is 0 Å². The third-order valence-electron chi connectivity index (χ3n) is 3.26. The number of hydrogen-bond acceptors (Lipinski definition) is 2. The fraction of sp³-hybridized carbons (Fsp3) is 0.250. The van der Waals surface area contributed by atoms with Crippen molar-refractivity contribution in [3.05, 3.63) is 71.8 Å². The monoisotopic (exact) mass is 242 g/mol. The Morgan fingerprint density at radius 1 is 0.667 bits per heavy atom. The minimum absolute atomic E-state index is 0.0229. The molecule has 0 amide bonds. The highest BCUT2D eigenvalue weighted by atomic mass is 16.3. The van der Waals surface area contributed by atoms with Gasteiger partial charge in [0.05, 0.1) is 0 Å². The Morgan fingerprint density at radius 3 is 1.39 bits per heavy atom. The highest BCUT2D eigenvalue weighted by molar-refractivity contribution is 5.33. The van der Waals surface area contributed by atoms with E-state index in [4.69, 9.17) is 0 Å². The van der Waals surface area contributed by atoms with E-state index >= 15 is 0 Å². The molecule has 0 heterocycles. The normalized spacial score (nSPS) is 11.1. The molecule has 0 atom stereocenters. The Hall–Kier alpha value is -1.64. The summed E-state index contributed by atoms with van der Waals surface area (Å²) in [6, 6.07) is 20.0. The predicted octanol–water partition coefficient (Wildman–Crippen LogP) is 2.42. The smallest absolute Gasteiger partial charge is 0.0490 e. The van der Waals surface area contributed by atoms with Crippen LogP contribution < -0.4 is 0 Å². The first-order chi connectivity index (χ1) is 8.86. The maximum atomic E-state index is 9.46. The van der Waals surface area contributed by atoms with Crippen LogP contribution in [-0.4, -0.2) is 23.4 Å². The van der Waals surface area contributed by atoms with Crippen LogP contribution in [0.2, 0.25) is 0 Å². The highest BCUT2D eigenvalue weighted by Gasteiger charge is 2.23. The summed E-state index contributed by atoms with van der Waals surface area (Å²) in [5.74, 6) is -0.141. The molecule has 0 saturated carbocycles. The molecule has 2 N–H and O–H groups in total. The number of aliphatic hydroxyl groups is 2. The molecule has 0 aliphatic carbocycles. The van der Waals surface area contributed by atoms with E-state index in [0.29, 0.717) is 0 Å². The van der Waals surface area contributed by atoms with Crippen LogP contribution in [0.5, 0.6) is 0 Å². The molecule has 18 heavy (non-hydrogen) atoms. The molecule has 94 valence electrons. The first-order valence-electron chi connectivity index (χ1n) is 6.18. The molecule has 2 aromatic carbocycles. The Balaban J connectivity index is 2.41. The van der Waals surface area contributed by atoms with Gasteiger partial charge in [0.2, 0.25) is 0 Å². The summed E-state index contributed by atoms with van der Waals surface area (Å²) >= 11 is 0. The quantitative estimate of drug-likeness (QED) is 0.845. The second-order valence-corrected chi connectivity index (χ2v) is 4.42. The molecular formula is C16H18O2. The average molecular weight is 242 g/mol. The van der Waals surface area contributed by atoms with Gasteiger partial charge in [-0.3, -0.25) is 0 Å². The van der Waals surface area contributed by atoms with Crippen LogP contribution in [0.15, 0.2) is 60.7 Å². The first kappa shape index (κ1) is 12.8. The van der Waals surface area contributed by atoms with Crippen LogP contribution in [0.3, 0.4) is 0 Å². The second-order valence-electron chi connectivity index (χ2n) is 4.42. The summed E-state index contributed by atoms with van der Waals surface area (Å²) in [6.45, 7) is -0.0457. The van der Waals surface area contributed by atoms with Crippen molar-refractivity contribution in [3.63, 3.8) is 0 Å². The van der Waals surface area contributed by atoms with Crippen LogP contribution in [0, 0.1) is 5.92 Å². The van der Waals surface area contributed by atoms with Gasteiger partial charge in [0.15, 0.2) is 0 Å². The van der Waals surface area contributed by atoms with Crippen LogP contribution in [0.4, 0.5) is 0 Å². The summed E-state index contributed by atoms with van der Waals surface area (Å²) in [4.78, 5) is 0. The van der Waals surface area contributed by atoms with Crippen molar-refractivity contribution < 1.29 is 10.2 Å². The molecule has 2 nitrogen and oxygen atoms in total. The van der Waals surface area contributed by atoms with Crippen LogP contribution in [0.1, 0.15) is 17.0 Å². The third-order valence-corrected chi connectivity index (χ3v) is 3.26. The molecule has 0 aliphatic heterocycles. The van der Waals surface area contributed by atoms with E-state index in [2.05, 4.69) is 0 Å². The third kappa shape index (κ3) is 2.78. The molecule has 2 heteroatoms. The Morgan fingerprint density at radius 2 is 1.06 bits per heavy atom. The van der Waals surface area contributed by atoms with Gasteiger partial charge in [0.1, 0.15) is 0 Å². The van der Waals surface area contributed by atoms with Crippen molar-refractivity contribution in [2.75, 3.05) is 13.2 Å². The average Bonchev–Trinajstić information content (AvgIpc) is 2.46. The van der Waals surface area contributed by atoms with Gasteiger partial charge in [0, 0.05) is 25.0 Å². The molecular weight excluding hydrogens is 224 g/mol. The van der Waals surface area contributed by atoms with Crippen molar-refractivity contribution >= 4 is 0 Å². The second kappa shape index (κ2) is 6.34. The Kier molecular flexibility index (Phi) is 4.51. The van der Waals surface area contributed by atoms with Gasteiger partial charge in [-0.15, -0.1) is 0 Å². The summed E-state index contributed by atoms with van der Waals surface area (Å²) in [5, 5.41) is 18.9. The van der Waals surface area contributed by atoms with E-state index < -0.39 is 0 Å². The minimum Gasteiger partial charge on any atom is -0.396 e. The Labute approximate surface area is 108 Å². The van der Waals surface area contributed by atoms with Crippen molar-refractivity contribution in [1.82, 2.24) is 0 Å². The van der Waals surface area contributed by atoms with Gasteiger partial charge >= 0.3 is 0 Å².